The van der Waals surface area contributed by atoms with Crippen molar-refractivity contribution < 1.29 is 13.2 Å². The van der Waals surface area contributed by atoms with Gasteiger partial charge in [0.15, 0.2) is 0 Å². The number of halogens is 4. The van der Waals surface area contributed by atoms with Crippen LogP contribution in [0.15, 0.2) is 24.3 Å². The predicted molar refractivity (Wildman–Crippen MR) is 99.2 cm³/mol. The Bertz CT molecular complexity index is 786. The minimum Gasteiger partial charge on any atom is -0.340 e. The average Bonchev–Trinajstić information content (AvgIpc) is 2.43. The van der Waals surface area contributed by atoms with Crippen molar-refractivity contribution in [1.29, 1.82) is 0 Å². The van der Waals surface area contributed by atoms with Crippen molar-refractivity contribution in [2.45, 2.75) is 58.5 Å². The third-order valence-electron chi connectivity index (χ3n) is 3.82. The zero-order valence-electron chi connectivity index (χ0n) is 15.7. The van der Waals surface area contributed by atoms with E-state index in [1.807, 2.05) is 41.5 Å². The van der Waals surface area contributed by atoms with E-state index in [1.54, 1.807) is 0 Å². The van der Waals surface area contributed by atoms with Gasteiger partial charge in [-0.15, -0.1) is 0 Å². The molecule has 0 saturated carbocycles. The molecule has 2 aromatic rings. The summed E-state index contributed by atoms with van der Waals surface area (Å²) in [6, 6.07) is 4.82. The van der Waals surface area contributed by atoms with Gasteiger partial charge in [0, 0.05) is 16.7 Å². The van der Waals surface area contributed by atoms with E-state index in [9.17, 15) is 13.2 Å². The predicted octanol–water partition coefficient (Wildman–Crippen LogP) is 6.49. The minimum absolute atomic E-state index is 0.0948. The van der Waals surface area contributed by atoms with E-state index in [4.69, 9.17) is 11.6 Å². The zero-order valence-corrected chi connectivity index (χ0v) is 16.5. The smallest absolute Gasteiger partial charge is 0.340 e. The molecular weight excluding hydrogens is 363 g/mol. The van der Waals surface area contributed by atoms with Gasteiger partial charge in [0.25, 0.3) is 0 Å². The van der Waals surface area contributed by atoms with Gasteiger partial charge in [0.1, 0.15) is 5.82 Å². The van der Waals surface area contributed by atoms with E-state index in [0.717, 1.165) is 23.4 Å². The summed E-state index contributed by atoms with van der Waals surface area (Å²) in [4.78, 5) is 8.73. The van der Waals surface area contributed by atoms with Crippen LogP contribution in [0.4, 0.5) is 24.7 Å². The van der Waals surface area contributed by atoms with Crippen LogP contribution >= 0.6 is 11.6 Å². The second-order valence-electron chi connectivity index (χ2n) is 8.26. The Morgan fingerprint density at radius 3 is 1.81 bits per heavy atom. The molecule has 2 rings (SSSR count). The normalized spacial score (nSPS) is 13.0. The molecule has 1 heterocycles. The summed E-state index contributed by atoms with van der Waals surface area (Å²) in [5.74, 6) is 0.502. The highest BCUT2D eigenvalue weighted by atomic mass is 35.5. The molecule has 0 atom stereocenters. The Balaban J connectivity index is 2.54. The number of benzene rings is 1. The fourth-order valence-corrected chi connectivity index (χ4v) is 2.83. The Morgan fingerprint density at radius 2 is 1.38 bits per heavy atom. The molecule has 3 nitrogen and oxygen atoms in total. The van der Waals surface area contributed by atoms with E-state index < -0.39 is 11.7 Å². The minimum atomic E-state index is -4.37. The number of aromatic nitrogens is 2. The summed E-state index contributed by atoms with van der Waals surface area (Å²) >= 11 is 6.12. The molecule has 1 aromatic carbocycles. The Hall–Kier alpha value is -1.82. The number of hydrogen-bond donors (Lipinski definition) is 1. The Labute approximate surface area is 157 Å². The summed E-state index contributed by atoms with van der Waals surface area (Å²) in [5, 5.41) is 3.20. The second-order valence-corrected chi connectivity index (χ2v) is 8.60. The molecule has 0 aliphatic carbocycles. The number of nitrogens with one attached hydrogen (secondary N) is 1. The molecule has 1 N–H and O–H groups in total. The van der Waals surface area contributed by atoms with Crippen molar-refractivity contribution in [2.24, 2.45) is 0 Å². The van der Waals surface area contributed by atoms with Gasteiger partial charge in [-0.3, -0.25) is 0 Å². The van der Waals surface area contributed by atoms with Crippen LogP contribution in [0.5, 0.6) is 0 Å². The highest BCUT2D eigenvalue weighted by molar-refractivity contribution is 6.28. The van der Waals surface area contributed by atoms with E-state index in [0.29, 0.717) is 11.5 Å². The first-order valence-corrected chi connectivity index (χ1v) is 8.60. The molecule has 0 aliphatic rings. The van der Waals surface area contributed by atoms with Crippen LogP contribution in [0.25, 0.3) is 0 Å². The lowest BCUT2D eigenvalue weighted by Gasteiger charge is -2.30. The van der Waals surface area contributed by atoms with Gasteiger partial charge >= 0.3 is 6.18 Å². The SMILES string of the molecule is CC(C)(C)c1nc(Cl)nc(Nc2ccc(C(F)(F)F)cc2)c1C(C)(C)C. The number of alkyl halides is 3. The highest BCUT2D eigenvalue weighted by Gasteiger charge is 2.32. The van der Waals surface area contributed by atoms with Crippen LogP contribution in [0.3, 0.4) is 0 Å². The molecule has 0 fully saturated rings. The third-order valence-corrected chi connectivity index (χ3v) is 3.99. The first kappa shape index (κ1) is 20.5. The number of anilines is 2. The van der Waals surface area contributed by atoms with E-state index in [1.165, 1.54) is 12.1 Å². The van der Waals surface area contributed by atoms with Gasteiger partial charge in [-0.1, -0.05) is 41.5 Å². The number of nitrogens with zero attached hydrogens (tertiary/aromatic N) is 2. The first-order chi connectivity index (χ1) is 11.7. The van der Waals surface area contributed by atoms with Crippen LogP contribution in [0, 0.1) is 0 Å². The molecule has 0 bridgehead atoms. The molecule has 0 aliphatic heterocycles. The van der Waals surface area contributed by atoms with Gasteiger partial charge in [-0.05, 0) is 41.3 Å². The molecule has 26 heavy (non-hydrogen) atoms. The quantitative estimate of drug-likeness (QED) is 0.600. The fraction of sp³-hybridized carbons (Fsp3) is 0.474. The van der Waals surface area contributed by atoms with E-state index in [2.05, 4.69) is 15.3 Å². The molecule has 0 radical (unpaired) electrons. The molecule has 1 aromatic heterocycles. The maximum absolute atomic E-state index is 12.7. The van der Waals surface area contributed by atoms with Crippen molar-refractivity contribution in [2.75, 3.05) is 5.32 Å². The van der Waals surface area contributed by atoms with Gasteiger partial charge in [-0.2, -0.15) is 13.2 Å². The maximum atomic E-state index is 12.7. The van der Waals surface area contributed by atoms with E-state index in [-0.39, 0.29) is 16.1 Å². The van der Waals surface area contributed by atoms with Crippen molar-refractivity contribution in [3.63, 3.8) is 0 Å². The topological polar surface area (TPSA) is 37.8 Å². The summed E-state index contributed by atoms with van der Waals surface area (Å²) < 4.78 is 38.2. The Kier molecular flexibility index (Phi) is 5.30. The Morgan fingerprint density at radius 1 is 0.846 bits per heavy atom. The lowest BCUT2D eigenvalue weighted by molar-refractivity contribution is -0.137. The third kappa shape index (κ3) is 4.67. The lowest BCUT2D eigenvalue weighted by atomic mass is 9.78. The maximum Gasteiger partial charge on any atom is 0.416 e. The monoisotopic (exact) mass is 385 g/mol. The van der Waals surface area contributed by atoms with Crippen LogP contribution in [0.2, 0.25) is 5.28 Å². The molecule has 142 valence electrons. The molecule has 0 spiro atoms. The molecule has 0 saturated heterocycles. The summed E-state index contributed by atoms with van der Waals surface area (Å²) in [6.07, 6.45) is -4.37. The first-order valence-electron chi connectivity index (χ1n) is 8.22. The highest BCUT2D eigenvalue weighted by Crippen LogP contribution is 2.38. The largest absolute Gasteiger partial charge is 0.416 e. The standard InChI is InChI=1S/C19H23ClF3N3/c1-17(2,3)13-14(18(4,5)6)25-16(20)26-15(13)24-12-9-7-11(8-10-12)19(21,22)23/h7-10H,1-6H3,(H,24,25,26). The zero-order chi connectivity index (χ0) is 19.9. The number of hydrogen-bond acceptors (Lipinski definition) is 3. The lowest BCUT2D eigenvalue weighted by Crippen LogP contribution is -2.26. The van der Waals surface area contributed by atoms with Crippen LogP contribution in [-0.4, -0.2) is 9.97 Å². The summed E-state index contributed by atoms with van der Waals surface area (Å²) in [5.41, 5.74) is 0.926. The molecule has 0 amide bonds. The van der Waals surface area contributed by atoms with Gasteiger partial charge in [0.05, 0.1) is 11.3 Å². The van der Waals surface area contributed by atoms with Gasteiger partial charge < -0.3 is 5.32 Å². The van der Waals surface area contributed by atoms with Crippen LogP contribution in [0.1, 0.15) is 58.4 Å². The summed E-state index contributed by atoms with van der Waals surface area (Å²) in [7, 11) is 0. The summed E-state index contributed by atoms with van der Waals surface area (Å²) in [6.45, 7) is 12.2. The van der Waals surface area contributed by atoms with Crippen molar-refractivity contribution >= 4 is 23.1 Å². The average molecular weight is 386 g/mol. The molecule has 7 heteroatoms. The van der Waals surface area contributed by atoms with Crippen LogP contribution in [-0.2, 0) is 17.0 Å². The van der Waals surface area contributed by atoms with Gasteiger partial charge in [0.2, 0.25) is 5.28 Å². The van der Waals surface area contributed by atoms with Crippen molar-refractivity contribution in [3.8, 4) is 0 Å². The second kappa shape index (κ2) is 6.72. The van der Waals surface area contributed by atoms with Crippen molar-refractivity contribution in [1.82, 2.24) is 9.97 Å². The van der Waals surface area contributed by atoms with Crippen LogP contribution < -0.4 is 5.32 Å². The van der Waals surface area contributed by atoms with E-state index >= 15 is 0 Å². The van der Waals surface area contributed by atoms with Gasteiger partial charge in [-0.25, -0.2) is 9.97 Å². The molecule has 0 unspecified atom stereocenters. The molecular formula is C19H23ClF3N3. The fourth-order valence-electron chi connectivity index (χ4n) is 2.66. The van der Waals surface area contributed by atoms with Crippen molar-refractivity contribution in [3.05, 3.63) is 46.4 Å². The number of rotatable bonds is 2.